The maximum atomic E-state index is 13.2. The lowest BCUT2D eigenvalue weighted by Crippen LogP contribution is -3.11. The first-order chi connectivity index (χ1) is 12.6. The van der Waals surface area contributed by atoms with Crippen LogP contribution in [0.3, 0.4) is 0 Å². The zero-order chi connectivity index (χ0) is 18.1. The van der Waals surface area contributed by atoms with Crippen molar-refractivity contribution in [1.82, 2.24) is 0 Å². The number of allylic oxidation sites excluding steroid dienone is 2. The number of nitrogens with zero attached hydrogens (tertiary/aromatic N) is 1. The van der Waals surface area contributed by atoms with Crippen LogP contribution in [0.25, 0.3) is 0 Å². The van der Waals surface area contributed by atoms with Crippen LogP contribution in [0.15, 0.2) is 36.0 Å². The Balaban J connectivity index is 1.57. The zero-order valence-corrected chi connectivity index (χ0v) is 15.7. The van der Waals surface area contributed by atoms with Crippen LogP contribution < -0.4 is 9.80 Å². The summed E-state index contributed by atoms with van der Waals surface area (Å²) in [4.78, 5) is 28.9. The third kappa shape index (κ3) is 3.23. The molecule has 26 heavy (non-hydrogen) atoms. The molecule has 0 saturated carbocycles. The van der Waals surface area contributed by atoms with Crippen LogP contribution in [-0.2, 0) is 9.59 Å². The van der Waals surface area contributed by atoms with Gasteiger partial charge in [-0.2, -0.15) is 0 Å². The summed E-state index contributed by atoms with van der Waals surface area (Å²) < 4.78 is 0. The Morgan fingerprint density at radius 1 is 0.962 bits per heavy atom. The highest BCUT2D eigenvalue weighted by atomic mass is 16.2. The highest BCUT2D eigenvalue weighted by Crippen LogP contribution is 2.37. The van der Waals surface area contributed by atoms with Crippen molar-refractivity contribution in [3.8, 4) is 0 Å². The maximum absolute atomic E-state index is 13.2. The van der Waals surface area contributed by atoms with E-state index < -0.39 is 0 Å². The monoisotopic (exact) mass is 353 g/mol. The predicted molar refractivity (Wildman–Crippen MR) is 102 cm³/mol. The molecule has 0 bridgehead atoms. The van der Waals surface area contributed by atoms with Crippen molar-refractivity contribution in [3.63, 3.8) is 0 Å². The number of carbonyl (C=O) groups is 2. The lowest BCUT2D eigenvalue weighted by molar-refractivity contribution is -0.870. The quantitative estimate of drug-likeness (QED) is 0.849. The van der Waals surface area contributed by atoms with Crippen molar-refractivity contribution in [1.29, 1.82) is 0 Å². The molecular formula is C22H29N2O2+. The number of aryl methyl sites for hydroxylation is 1. The minimum absolute atomic E-state index is 0.00747. The molecule has 1 aliphatic carbocycles. The van der Waals surface area contributed by atoms with E-state index in [0.29, 0.717) is 6.42 Å². The van der Waals surface area contributed by atoms with E-state index in [1.165, 1.54) is 42.9 Å². The molecule has 4 heteroatoms. The molecule has 1 aromatic carbocycles. The summed E-state index contributed by atoms with van der Waals surface area (Å²) in [7, 11) is 0. The Morgan fingerprint density at radius 3 is 2.42 bits per heavy atom. The Bertz CT molecular complexity index is 716. The fourth-order valence-electron chi connectivity index (χ4n) is 4.93. The van der Waals surface area contributed by atoms with Crippen LogP contribution in [0.5, 0.6) is 0 Å². The van der Waals surface area contributed by atoms with E-state index in [4.69, 9.17) is 0 Å². The standard InChI is InChI=1S/C22H28N2O2/c1-16-9-11-17(12-10-16)24-21(25)15-19(22(24)26)18-7-3-4-8-20(18)23-13-5-2-6-14-23/h8-12,18-19H,2-7,13-15H2,1H3/p+1/t18-,19-/m0/s1. The van der Waals surface area contributed by atoms with Gasteiger partial charge in [0.1, 0.15) is 5.70 Å². The normalized spacial score (nSPS) is 27.7. The molecule has 4 nitrogen and oxygen atoms in total. The van der Waals surface area contributed by atoms with Crippen LogP contribution >= 0.6 is 0 Å². The molecule has 0 unspecified atom stereocenters. The molecule has 2 atom stereocenters. The van der Waals surface area contributed by atoms with Crippen molar-refractivity contribution in [2.45, 2.75) is 51.9 Å². The second kappa shape index (κ2) is 7.36. The van der Waals surface area contributed by atoms with Gasteiger partial charge in [-0.15, -0.1) is 0 Å². The number of anilines is 1. The van der Waals surface area contributed by atoms with Gasteiger partial charge < -0.3 is 4.90 Å². The molecule has 1 N–H and O–H groups in total. The average molecular weight is 353 g/mol. The third-order valence-corrected chi connectivity index (χ3v) is 6.31. The van der Waals surface area contributed by atoms with E-state index in [2.05, 4.69) is 6.08 Å². The van der Waals surface area contributed by atoms with Gasteiger partial charge in [0, 0.05) is 12.3 Å². The molecule has 2 saturated heterocycles. The summed E-state index contributed by atoms with van der Waals surface area (Å²) >= 11 is 0. The number of rotatable bonds is 3. The summed E-state index contributed by atoms with van der Waals surface area (Å²) in [5, 5.41) is 0. The Kier molecular flexibility index (Phi) is 4.94. The molecule has 2 aliphatic heterocycles. The Labute approximate surface area is 155 Å². The van der Waals surface area contributed by atoms with Crippen molar-refractivity contribution < 1.29 is 14.5 Å². The predicted octanol–water partition coefficient (Wildman–Crippen LogP) is 2.63. The number of nitrogens with one attached hydrogen (secondary N) is 1. The van der Waals surface area contributed by atoms with Gasteiger partial charge in [0.2, 0.25) is 11.8 Å². The van der Waals surface area contributed by atoms with Gasteiger partial charge in [0.15, 0.2) is 0 Å². The number of benzene rings is 1. The zero-order valence-electron chi connectivity index (χ0n) is 15.7. The van der Waals surface area contributed by atoms with Crippen LogP contribution in [0, 0.1) is 18.8 Å². The number of amides is 2. The van der Waals surface area contributed by atoms with Gasteiger partial charge in [0.25, 0.3) is 0 Å². The van der Waals surface area contributed by atoms with Gasteiger partial charge >= 0.3 is 0 Å². The number of piperidine rings is 1. The van der Waals surface area contributed by atoms with Crippen molar-refractivity contribution in [2.24, 2.45) is 11.8 Å². The SMILES string of the molecule is Cc1ccc(N2C(=O)C[C@@H]([C@@H]3CCCC=C3[NH+]3CCCCC3)C2=O)cc1. The minimum atomic E-state index is -0.176. The number of carbonyl (C=O) groups excluding carboxylic acids is 2. The van der Waals surface area contributed by atoms with Crippen molar-refractivity contribution in [3.05, 3.63) is 41.6 Å². The summed E-state index contributed by atoms with van der Waals surface area (Å²) in [5.74, 6) is 0.0315. The van der Waals surface area contributed by atoms with Gasteiger partial charge in [-0.05, 0) is 63.7 Å². The first kappa shape index (κ1) is 17.5. The summed E-state index contributed by atoms with van der Waals surface area (Å²) in [5.41, 5.74) is 3.28. The molecule has 0 radical (unpaired) electrons. The van der Waals surface area contributed by atoms with Crippen LogP contribution in [0.1, 0.15) is 50.5 Å². The van der Waals surface area contributed by atoms with Crippen molar-refractivity contribution >= 4 is 17.5 Å². The fourth-order valence-corrected chi connectivity index (χ4v) is 4.93. The highest BCUT2D eigenvalue weighted by molar-refractivity contribution is 6.21. The molecule has 4 rings (SSSR count). The number of quaternary nitrogens is 1. The summed E-state index contributed by atoms with van der Waals surface area (Å²) in [6, 6.07) is 7.71. The van der Waals surface area contributed by atoms with E-state index in [-0.39, 0.29) is 23.7 Å². The molecule has 0 aromatic heterocycles. The summed E-state index contributed by atoms with van der Waals surface area (Å²) in [6.07, 6.45) is 9.89. The molecular weight excluding hydrogens is 324 g/mol. The molecule has 2 amide bonds. The molecule has 138 valence electrons. The average Bonchev–Trinajstić information content (AvgIpc) is 2.97. The maximum Gasteiger partial charge on any atom is 0.238 e. The van der Waals surface area contributed by atoms with E-state index in [0.717, 1.165) is 30.5 Å². The molecule has 1 aromatic rings. The molecule has 0 spiro atoms. The van der Waals surface area contributed by atoms with Gasteiger partial charge in [-0.1, -0.05) is 17.7 Å². The third-order valence-electron chi connectivity index (χ3n) is 6.31. The van der Waals surface area contributed by atoms with Crippen LogP contribution in [0.2, 0.25) is 0 Å². The second-order valence-electron chi connectivity index (χ2n) is 8.07. The molecule has 2 fully saturated rings. The fraction of sp³-hybridized carbons (Fsp3) is 0.545. The van der Waals surface area contributed by atoms with E-state index >= 15 is 0 Å². The molecule has 3 aliphatic rings. The lowest BCUT2D eigenvalue weighted by Gasteiger charge is -2.34. The van der Waals surface area contributed by atoms with Crippen LogP contribution in [-0.4, -0.2) is 24.9 Å². The molecule has 2 heterocycles. The second-order valence-corrected chi connectivity index (χ2v) is 8.07. The smallest absolute Gasteiger partial charge is 0.238 e. The van der Waals surface area contributed by atoms with Crippen molar-refractivity contribution in [2.75, 3.05) is 18.0 Å². The van der Waals surface area contributed by atoms with Gasteiger partial charge in [-0.25, -0.2) is 0 Å². The van der Waals surface area contributed by atoms with Gasteiger partial charge in [-0.3, -0.25) is 14.5 Å². The number of hydrogen-bond donors (Lipinski definition) is 1. The first-order valence-electron chi connectivity index (χ1n) is 10.1. The summed E-state index contributed by atoms with van der Waals surface area (Å²) in [6.45, 7) is 4.37. The Hall–Kier alpha value is -1.94. The largest absolute Gasteiger partial charge is 0.306 e. The highest BCUT2D eigenvalue weighted by Gasteiger charge is 2.47. The van der Waals surface area contributed by atoms with E-state index in [1.807, 2.05) is 31.2 Å². The number of imide groups is 1. The van der Waals surface area contributed by atoms with E-state index in [9.17, 15) is 9.59 Å². The van der Waals surface area contributed by atoms with Gasteiger partial charge in [0.05, 0.1) is 24.7 Å². The minimum Gasteiger partial charge on any atom is -0.306 e. The lowest BCUT2D eigenvalue weighted by atomic mass is 9.80. The topological polar surface area (TPSA) is 41.8 Å². The number of likely N-dealkylation sites (tertiary alicyclic amines) is 1. The van der Waals surface area contributed by atoms with E-state index in [1.54, 1.807) is 4.90 Å². The van der Waals surface area contributed by atoms with Crippen LogP contribution in [0.4, 0.5) is 5.69 Å². The number of hydrogen-bond acceptors (Lipinski definition) is 2. The Morgan fingerprint density at radius 2 is 1.69 bits per heavy atom. The first-order valence-corrected chi connectivity index (χ1v) is 10.1.